The lowest BCUT2D eigenvalue weighted by molar-refractivity contribution is -0.384. The Morgan fingerprint density at radius 2 is 2.19 bits per heavy atom. The van der Waals surface area contributed by atoms with Gasteiger partial charge in [-0.15, -0.1) is 0 Å². The highest BCUT2D eigenvalue weighted by Gasteiger charge is 2.27. The number of nitrogens with zero attached hydrogens (tertiary/aromatic N) is 1. The largest absolute Gasteiger partial charge is 0.379 e. The van der Waals surface area contributed by atoms with Gasteiger partial charge in [-0.1, -0.05) is 19.1 Å². The second-order valence-corrected chi connectivity index (χ2v) is 4.47. The van der Waals surface area contributed by atoms with Gasteiger partial charge in [0.05, 0.1) is 4.92 Å². The van der Waals surface area contributed by atoms with E-state index < -0.39 is 0 Å². The second kappa shape index (κ2) is 4.51. The Balaban J connectivity index is 1.99. The van der Waals surface area contributed by atoms with Gasteiger partial charge >= 0.3 is 0 Å². The first-order valence-electron chi connectivity index (χ1n) is 5.66. The van der Waals surface area contributed by atoms with Crippen molar-refractivity contribution in [2.75, 3.05) is 11.9 Å². The number of benzene rings is 1. The molecule has 0 aromatic heterocycles. The standard InChI is InChI=1S/C12H16N2O2/c1-9(10-6-7-10)8-13-11-4-2-3-5-12(11)14(15)16/h2-5,9-10,13H,6-8H2,1H3. The zero-order valence-electron chi connectivity index (χ0n) is 9.35. The molecular formula is C12H16N2O2. The lowest BCUT2D eigenvalue weighted by Crippen LogP contribution is -2.13. The highest BCUT2D eigenvalue weighted by atomic mass is 16.6. The second-order valence-electron chi connectivity index (χ2n) is 4.47. The molecular weight excluding hydrogens is 204 g/mol. The minimum Gasteiger partial charge on any atom is -0.379 e. The first-order chi connectivity index (χ1) is 7.68. The molecule has 0 amide bonds. The summed E-state index contributed by atoms with van der Waals surface area (Å²) in [5.74, 6) is 1.41. The molecule has 0 spiro atoms. The number of nitro benzene ring substituents is 1. The number of nitrogens with one attached hydrogen (secondary N) is 1. The van der Waals surface area contributed by atoms with Gasteiger partial charge < -0.3 is 5.32 Å². The molecule has 1 N–H and O–H groups in total. The van der Waals surface area contributed by atoms with E-state index in [2.05, 4.69) is 12.2 Å². The summed E-state index contributed by atoms with van der Waals surface area (Å²) < 4.78 is 0. The summed E-state index contributed by atoms with van der Waals surface area (Å²) in [5, 5.41) is 14.0. The molecule has 86 valence electrons. The van der Waals surface area contributed by atoms with Crippen molar-refractivity contribution in [2.45, 2.75) is 19.8 Å². The minimum absolute atomic E-state index is 0.158. The average molecular weight is 220 g/mol. The van der Waals surface area contributed by atoms with Gasteiger partial charge in [-0.25, -0.2) is 0 Å². The number of rotatable bonds is 5. The van der Waals surface area contributed by atoms with Gasteiger partial charge in [-0.2, -0.15) is 0 Å². The predicted molar refractivity (Wildman–Crippen MR) is 63.5 cm³/mol. The van der Waals surface area contributed by atoms with E-state index in [0.29, 0.717) is 11.6 Å². The average Bonchev–Trinajstić information content (AvgIpc) is 3.10. The zero-order chi connectivity index (χ0) is 11.5. The fourth-order valence-corrected chi connectivity index (χ4v) is 1.89. The van der Waals surface area contributed by atoms with Gasteiger partial charge in [0, 0.05) is 12.6 Å². The lowest BCUT2D eigenvalue weighted by atomic mass is 10.1. The van der Waals surface area contributed by atoms with Crippen LogP contribution < -0.4 is 5.32 Å². The Kier molecular flexibility index (Phi) is 3.08. The van der Waals surface area contributed by atoms with Gasteiger partial charge in [0.15, 0.2) is 0 Å². The van der Waals surface area contributed by atoms with E-state index >= 15 is 0 Å². The van der Waals surface area contributed by atoms with Crippen LogP contribution in [0.15, 0.2) is 24.3 Å². The Bertz CT molecular complexity index is 388. The molecule has 1 saturated carbocycles. The van der Waals surface area contributed by atoms with Crippen molar-refractivity contribution in [2.24, 2.45) is 11.8 Å². The monoisotopic (exact) mass is 220 g/mol. The number of nitro groups is 1. The van der Waals surface area contributed by atoms with E-state index in [1.54, 1.807) is 12.1 Å². The van der Waals surface area contributed by atoms with E-state index in [-0.39, 0.29) is 10.6 Å². The SMILES string of the molecule is CC(CNc1ccccc1[N+](=O)[O-])C1CC1. The maximum absolute atomic E-state index is 10.8. The van der Waals surface area contributed by atoms with Crippen LogP contribution in [0.25, 0.3) is 0 Å². The summed E-state index contributed by atoms with van der Waals surface area (Å²) >= 11 is 0. The molecule has 1 aromatic rings. The summed E-state index contributed by atoms with van der Waals surface area (Å²) in [5.41, 5.74) is 0.783. The van der Waals surface area contributed by atoms with Crippen LogP contribution in [-0.4, -0.2) is 11.5 Å². The van der Waals surface area contributed by atoms with Crippen molar-refractivity contribution >= 4 is 11.4 Å². The summed E-state index contributed by atoms with van der Waals surface area (Å²) in [7, 11) is 0. The molecule has 1 aliphatic rings. The summed E-state index contributed by atoms with van der Waals surface area (Å²) in [6.07, 6.45) is 2.61. The predicted octanol–water partition coefficient (Wildman–Crippen LogP) is 3.05. The highest BCUT2D eigenvalue weighted by molar-refractivity contribution is 5.61. The van der Waals surface area contributed by atoms with Crippen LogP contribution in [0, 0.1) is 22.0 Å². The summed E-state index contributed by atoms with van der Waals surface area (Å²) in [6, 6.07) is 6.80. The highest BCUT2D eigenvalue weighted by Crippen LogP contribution is 2.36. The van der Waals surface area contributed by atoms with Gasteiger partial charge in [-0.05, 0) is 30.7 Å². The van der Waals surface area contributed by atoms with Gasteiger partial charge in [0.25, 0.3) is 5.69 Å². The first-order valence-corrected chi connectivity index (χ1v) is 5.66. The molecule has 1 fully saturated rings. The molecule has 16 heavy (non-hydrogen) atoms. The zero-order valence-corrected chi connectivity index (χ0v) is 9.35. The molecule has 0 bridgehead atoms. The van der Waals surface area contributed by atoms with E-state index in [0.717, 1.165) is 12.5 Å². The quantitative estimate of drug-likeness (QED) is 0.613. The Labute approximate surface area is 94.8 Å². The fourth-order valence-electron chi connectivity index (χ4n) is 1.89. The van der Waals surface area contributed by atoms with Crippen LogP contribution in [0.5, 0.6) is 0 Å². The van der Waals surface area contributed by atoms with Crippen molar-refractivity contribution in [1.29, 1.82) is 0 Å². The van der Waals surface area contributed by atoms with Crippen LogP contribution in [0.2, 0.25) is 0 Å². The van der Waals surface area contributed by atoms with E-state index in [1.807, 2.05) is 6.07 Å². The molecule has 1 aromatic carbocycles. The number of hydrogen-bond acceptors (Lipinski definition) is 3. The van der Waals surface area contributed by atoms with Crippen molar-refractivity contribution in [3.8, 4) is 0 Å². The number of anilines is 1. The minimum atomic E-state index is -0.343. The maximum Gasteiger partial charge on any atom is 0.292 e. The lowest BCUT2D eigenvalue weighted by Gasteiger charge is -2.12. The number of hydrogen-bond donors (Lipinski definition) is 1. The summed E-state index contributed by atoms with van der Waals surface area (Å²) in [4.78, 5) is 10.4. The van der Waals surface area contributed by atoms with Gasteiger partial charge in [0.2, 0.25) is 0 Å². The molecule has 0 aliphatic heterocycles. The first kappa shape index (κ1) is 10.9. The van der Waals surface area contributed by atoms with Crippen LogP contribution in [0.4, 0.5) is 11.4 Å². The van der Waals surface area contributed by atoms with Crippen molar-refractivity contribution in [1.82, 2.24) is 0 Å². The maximum atomic E-state index is 10.8. The van der Waals surface area contributed by atoms with E-state index in [9.17, 15) is 10.1 Å². The molecule has 1 atom stereocenters. The normalized spacial score (nSPS) is 16.8. The fraction of sp³-hybridized carbons (Fsp3) is 0.500. The van der Waals surface area contributed by atoms with E-state index in [4.69, 9.17) is 0 Å². The van der Waals surface area contributed by atoms with Crippen LogP contribution >= 0.6 is 0 Å². The van der Waals surface area contributed by atoms with Crippen molar-refractivity contribution < 1.29 is 4.92 Å². The Hall–Kier alpha value is -1.58. The van der Waals surface area contributed by atoms with Crippen LogP contribution in [0.1, 0.15) is 19.8 Å². The third-order valence-electron chi connectivity index (χ3n) is 3.14. The van der Waals surface area contributed by atoms with Crippen molar-refractivity contribution in [3.63, 3.8) is 0 Å². The molecule has 1 unspecified atom stereocenters. The van der Waals surface area contributed by atoms with E-state index in [1.165, 1.54) is 18.9 Å². The smallest absolute Gasteiger partial charge is 0.292 e. The molecule has 2 rings (SSSR count). The van der Waals surface area contributed by atoms with Gasteiger partial charge in [0.1, 0.15) is 5.69 Å². The topological polar surface area (TPSA) is 55.2 Å². The molecule has 0 heterocycles. The molecule has 1 aliphatic carbocycles. The van der Waals surface area contributed by atoms with Gasteiger partial charge in [-0.3, -0.25) is 10.1 Å². The third-order valence-corrected chi connectivity index (χ3v) is 3.14. The van der Waals surface area contributed by atoms with Crippen molar-refractivity contribution in [3.05, 3.63) is 34.4 Å². The molecule has 0 radical (unpaired) electrons. The van der Waals surface area contributed by atoms with Crippen LogP contribution in [0.3, 0.4) is 0 Å². The Morgan fingerprint density at radius 1 is 1.50 bits per heavy atom. The molecule has 0 saturated heterocycles. The Morgan fingerprint density at radius 3 is 2.81 bits per heavy atom. The molecule has 4 heteroatoms. The third kappa shape index (κ3) is 2.51. The summed E-state index contributed by atoms with van der Waals surface area (Å²) in [6.45, 7) is 3.01. The number of para-hydroxylation sites is 2. The molecule has 4 nitrogen and oxygen atoms in total. The van der Waals surface area contributed by atoms with Crippen LogP contribution in [-0.2, 0) is 0 Å².